The van der Waals surface area contributed by atoms with E-state index in [1.807, 2.05) is 0 Å². The summed E-state index contributed by atoms with van der Waals surface area (Å²) in [5.41, 5.74) is 0.877. The Bertz CT molecular complexity index is 610. The maximum Gasteiger partial charge on any atom is 0.227 e. The van der Waals surface area contributed by atoms with Crippen molar-refractivity contribution in [1.82, 2.24) is 15.1 Å². The largest absolute Gasteiger partial charge is 0.338 e. The number of carbonyl (C=O) groups excluding carboxylic acids is 1. The Labute approximate surface area is 156 Å². The van der Waals surface area contributed by atoms with Gasteiger partial charge in [-0.25, -0.2) is 4.39 Å². The first-order chi connectivity index (χ1) is 12.7. The summed E-state index contributed by atoms with van der Waals surface area (Å²) in [6.45, 7) is 7.02. The molecule has 2 atom stereocenters. The fourth-order valence-electron chi connectivity index (χ4n) is 4.12. The molecule has 0 radical (unpaired) electrons. The second-order valence-corrected chi connectivity index (χ2v) is 7.25. The van der Waals surface area contributed by atoms with Crippen LogP contribution in [0.15, 0.2) is 36.4 Å². The van der Waals surface area contributed by atoms with Gasteiger partial charge < -0.3 is 10.2 Å². The number of amides is 1. The van der Waals surface area contributed by atoms with Crippen molar-refractivity contribution in [3.63, 3.8) is 0 Å². The van der Waals surface area contributed by atoms with Crippen LogP contribution in [0.2, 0.25) is 0 Å². The Kier molecular flexibility index (Phi) is 6.80. The van der Waals surface area contributed by atoms with Gasteiger partial charge in [0.25, 0.3) is 0 Å². The summed E-state index contributed by atoms with van der Waals surface area (Å²) in [5.74, 6) is -0.110. The SMILES string of the molecule is CCCN(C(=O)Cc1ccc(F)cc1)C1CC=CCC1N1CCNCC1. The number of carbonyl (C=O) groups is 1. The third kappa shape index (κ3) is 4.71. The Morgan fingerprint density at radius 2 is 1.88 bits per heavy atom. The molecule has 1 saturated heterocycles. The summed E-state index contributed by atoms with van der Waals surface area (Å²) in [4.78, 5) is 17.7. The van der Waals surface area contributed by atoms with Crippen molar-refractivity contribution in [3.8, 4) is 0 Å². The molecule has 1 N–H and O–H groups in total. The molecular weight excluding hydrogens is 329 g/mol. The monoisotopic (exact) mass is 359 g/mol. The maximum atomic E-state index is 13.1. The lowest BCUT2D eigenvalue weighted by Gasteiger charge is -2.45. The number of halogens is 1. The van der Waals surface area contributed by atoms with E-state index >= 15 is 0 Å². The number of benzene rings is 1. The molecule has 1 heterocycles. The van der Waals surface area contributed by atoms with Crippen LogP contribution in [0, 0.1) is 5.82 Å². The van der Waals surface area contributed by atoms with Crippen LogP contribution < -0.4 is 5.32 Å². The summed E-state index contributed by atoms with van der Waals surface area (Å²) >= 11 is 0. The van der Waals surface area contributed by atoms with Crippen molar-refractivity contribution in [2.75, 3.05) is 32.7 Å². The van der Waals surface area contributed by atoms with Gasteiger partial charge in [0.15, 0.2) is 0 Å². The van der Waals surface area contributed by atoms with Gasteiger partial charge in [-0.05, 0) is 37.0 Å². The Morgan fingerprint density at radius 3 is 2.58 bits per heavy atom. The molecule has 3 rings (SSSR count). The molecule has 1 aliphatic heterocycles. The minimum atomic E-state index is -0.261. The molecule has 1 aliphatic carbocycles. The predicted molar refractivity (Wildman–Crippen MR) is 103 cm³/mol. The van der Waals surface area contributed by atoms with Gasteiger partial charge in [-0.3, -0.25) is 9.69 Å². The highest BCUT2D eigenvalue weighted by Crippen LogP contribution is 2.25. The third-order valence-electron chi connectivity index (χ3n) is 5.44. The second kappa shape index (κ2) is 9.28. The molecule has 1 fully saturated rings. The lowest BCUT2D eigenvalue weighted by Crippen LogP contribution is -2.58. The maximum absolute atomic E-state index is 13.1. The van der Waals surface area contributed by atoms with Crippen LogP contribution in [0.3, 0.4) is 0 Å². The van der Waals surface area contributed by atoms with Crippen molar-refractivity contribution < 1.29 is 9.18 Å². The van der Waals surface area contributed by atoms with Crippen LogP contribution in [0.5, 0.6) is 0 Å². The van der Waals surface area contributed by atoms with E-state index in [-0.39, 0.29) is 17.8 Å². The summed E-state index contributed by atoms with van der Waals surface area (Å²) in [6.07, 6.45) is 7.70. The zero-order valence-corrected chi connectivity index (χ0v) is 15.7. The Morgan fingerprint density at radius 1 is 1.19 bits per heavy atom. The summed E-state index contributed by atoms with van der Waals surface area (Å²) in [7, 11) is 0. The Balaban J connectivity index is 1.74. The lowest BCUT2D eigenvalue weighted by atomic mass is 9.91. The third-order valence-corrected chi connectivity index (χ3v) is 5.44. The van der Waals surface area contributed by atoms with E-state index in [4.69, 9.17) is 0 Å². The van der Waals surface area contributed by atoms with Crippen LogP contribution in [0.25, 0.3) is 0 Å². The van der Waals surface area contributed by atoms with E-state index in [0.29, 0.717) is 12.5 Å². The standard InChI is InChI=1S/C21H30FN3O/c1-2-13-25(21(26)16-17-7-9-18(22)10-8-17)20-6-4-3-5-19(20)24-14-11-23-12-15-24/h3-4,7-10,19-20,23H,2,5-6,11-16H2,1H3. The molecule has 0 saturated carbocycles. The molecule has 4 nitrogen and oxygen atoms in total. The van der Waals surface area contributed by atoms with Gasteiger partial charge in [-0.15, -0.1) is 0 Å². The second-order valence-electron chi connectivity index (χ2n) is 7.25. The van der Waals surface area contributed by atoms with E-state index in [1.165, 1.54) is 12.1 Å². The van der Waals surface area contributed by atoms with Gasteiger partial charge >= 0.3 is 0 Å². The first-order valence-corrected chi connectivity index (χ1v) is 9.82. The fraction of sp³-hybridized carbons (Fsp3) is 0.571. The first kappa shape index (κ1) is 19.1. The molecule has 142 valence electrons. The van der Waals surface area contributed by atoms with Crippen LogP contribution in [-0.2, 0) is 11.2 Å². The number of rotatable bonds is 6. The van der Waals surface area contributed by atoms with Crippen molar-refractivity contribution in [2.45, 2.75) is 44.7 Å². The fourth-order valence-corrected chi connectivity index (χ4v) is 4.12. The zero-order valence-electron chi connectivity index (χ0n) is 15.7. The highest BCUT2D eigenvalue weighted by atomic mass is 19.1. The van der Waals surface area contributed by atoms with Crippen molar-refractivity contribution in [1.29, 1.82) is 0 Å². The summed E-state index contributed by atoms with van der Waals surface area (Å²) in [6, 6.07) is 6.91. The average Bonchev–Trinajstić information content (AvgIpc) is 2.68. The average molecular weight is 359 g/mol. The lowest BCUT2D eigenvalue weighted by molar-refractivity contribution is -0.134. The highest BCUT2D eigenvalue weighted by molar-refractivity contribution is 5.79. The molecule has 2 unspecified atom stereocenters. The van der Waals surface area contributed by atoms with Gasteiger partial charge in [-0.1, -0.05) is 31.2 Å². The topological polar surface area (TPSA) is 35.6 Å². The van der Waals surface area contributed by atoms with E-state index in [0.717, 1.165) is 57.5 Å². The molecule has 0 spiro atoms. The van der Waals surface area contributed by atoms with Gasteiger partial charge in [0.05, 0.1) is 12.5 Å². The van der Waals surface area contributed by atoms with Crippen LogP contribution in [0.1, 0.15) is 31.7 Å². The number of nitrogens with zero attached hydrogens (tertiary/aromatic N) is 2. The minimum absolute atomic E-state index is 0.152. The Hall–Kier alpha value is -1.72. The molecule has 26 heavy (non-hydrogen) atoms. The first-order valence-electron chi connectivity index (χ1n) is 9.82. The number of piperazine rings is 1. The number of hydrogen-bond donors (Lipinski definition) is 1. The van der Waals surface area contributed by atoms with Gasteiger partial charge in [0.1, 0.15) is 5.82 Å². The smallest absolute Gasteiger partial charge is 0.227 e. The molecule has 5 heteroatoms. The molecule has 2 aliphatic rings. The van der Waals surface area contributed by atoms with Gasteiger partial charge in [-0.2, -0.15) is 0 Å². The van der Waals surface area contributed by atoms with Crippen molar-refractivity contribution in [3.05, 3.63) is 47.8 Å². The van der Waals surface area contributed by atoms with Crippen molar-refractivity contribution in [2.24, 2.45) is 0 Å². The minimum Gasteiger partial charge on any atom is -0.338 e. The van der Waals surface area contributed by atoms with E-state index in [9.17, 15) is 9.18 Å². The molecule has 1 amide bonds. The number of hydrogen-bond acceptors (Lipinski definition) is 3. The van der Waals surface area contributed by atoms with Gasteiger partial charge in [0, 0.05) is 38.8 Å². The highest BCUT2D eigenvalue weighted by Gasteiger charge is 2.34. The van der Waals surface area contributed by atoms with E-state index < -0.39 is 0 Å². The van der Waals surface area contributed by atoms with Crippen LogP contribution >= 0.6 is 0 Å². The predicted octanol–water partition coefficient (Wildman–Crippen LogP) is 2.60. The van der Waals surface area contributed by atoms with Crippen LogP contribution in [0.4, 0.5) is 4.39 Å². The summed E-state index contributed by atoms with van der Waals surface area (Å²) in [5, 5.41) is 3.41. The van der Waals surface area contributed by atoms with Crippen molar-refractivity contribution >= 4 is 5.91 Å². The van der Waals surface area contributed by atoms with E-state index in [1.54, 1.807) is 12.1 Å². The zero-order chi connectivity index (χ0) is 18.4. The summed E-state index contributed by atoms with van der Waals surface area (Å²) < 4.78 is 13.1. The molecule has 0 bridgehead atoms. The van der Waals surface area contributed by atoms with Gasteiger partial charge in [0.2, 0.25) is 5.91 Å². The number of nitrogens with one attached hydrogen (secondary N) is 1. The molecule has 0 aromatic heterocycles. The molecule has 1 aromatic rings. The molecular formula is C21H30FN3O. The van der Waals surface area contributed by atoms with E-state index in [2.05, 4.69) is 34.2 Å². The quantitative estimate of drug-likeness (QED) is 0.793. The molecule has 1 aromatic carbocycles. The van der Waals surface area contributed by atoms with Crippen LogP contribution in [-0.4, -0.2) is 60.5 Å². The normalized spacial score (nSPS) is 23.8.